The van der Waals surface area contributed by atoms with Crippen molar-refractivity contribution in [3.05, 3.63) is 96.1 Å². The van der Waals surface area contributed by atoms with Gasteiger partial charge in [-0.1, -0.05) is 72.8 Å². The van der Waals surface area contributed by atoms with E-state index in [0.29, 0.717) is 5.69 Å². The maximum Gasteiger partial charge on any atom is 0.239 e. The van der Waals surface area contributed by atoms with Gasteiger partial charge in [-0.2, -0.15) is 0 Å². The van der Waals surface area contributed by atoms with E-state index in [1.54, 1.807) is 4.90 Å². The molecule has 0 aliphatic carbocycles. The monoisotopic (exact) mass is 370 g/mol. The summed E-state index contributed by atoms with van der Waals surface area (Å²) in [5, 5.41) is 2.92. The van der Waals surface area contributed by atoms with Crippen LogP contribution in [0, 0.1) is 0 Å². The zero-order valence-electron chi connectivity index (χ0n) is 15.7. The van der Waals surface area contributed by atoms with E-state index in [1.807, 2.05) is 91.9 Å². The topological polar surface area (TPSA) is 49.4 Å². The number of benzene rings is 3. The van der Waals surface area contributed by atoms with Crippen LogP contribution < -0.4 is 10.2 Å². The number of nitrogens with zero attached hydrogens (tertiary/aromatic N) is 1. The molecule has 0 unspecified atom stereocenters. The average molecular weight is 370 g/mol. The van der Waals surface area contributed by atoms with Gasteiger partial charge in [-0.3, -0.25) is 9.59 Å². The highest BCUT2D eigenvalue weighted by Crippen LogP contribution is 2.36. The molecule has 0 saturated carbocycles. The van der Waals surface area contributed by atoms with Crippen LogP contribution in [0.1, 0.15) is 30.4 Å². The number of anilines is 2. The second-order valence-corrected chi connectivity index (χ2v) is 7.08. The van der Waals surface area contributed by atoms with Crippen molar-refractivity contribution in [3.8, 4) is 0 Å². The Labute approximate surface area is 164 Å². The molecule has 0 aromatic heterocycles. The van der Waals surface area contributed by atoms with Crippen LogP contribution in [0.25, 0.3) is 0 Å². The Balaban J connectivity index is 1.84. The number of carbonyl (C=O) groups excluding carboxylic acids is 2. The minimum atomic E-state index is -0.439. The van der Waals surface area contributed by atoms with Crippen molar-refractivity contribution in [1.82, 2.24) is 0 Å². The Hall–Kier alpha value is -3.40. The molecule has 1 N–H and O–H groups in total. The fraction of sp³-hybridized carbons (Fsp3) is 0.167. The van der Waals surface area contributed by atoms with Gasteiger partial charge in [-0.15, -0.1) is 0 Å². The molecular weight excluding hydrogens is 348 g/mol. The molecule has 4 heteroatoms. The summed E-state index contributed by atoms with van der Waals surface area (Å²) in [6.45, 7) is 1.92. The lowest BCUT2D eigenvalue weighted by atomic mass is 9.89. The lowest BCUT2D eigenvalue weighted by molar-refractivity contribution is -0.119. The number of carbonyl (C=O) groups is 2. The van der Waals surface area contributed by atoms with Gasteiger partial charge in [0.05, 0.1) is 17.3 Å². The molecule has 140 valence electrons. The van der Waals surface area contributed by atoms with E-state index in [4.69, 9.17) is 0 Å². The number of rotatable bonds is 3. The minimum Gasteiger partial charge on any atom is -0.324 e. The first-order valence-corrected chi connectivity index (χ1v) is 9.47. The molecule has 0 radical (unpaired) electrons. The van der Waals surface area contributed by atoms with Crippen molar-refractivity contribution in [3.63, 3.8) is 0 Å². The van der Waals surface area contributed by atoms with Gasteiger partial charge in [0.25, 0.3) is 0 Å². The lowest BCUT2D eigenvalue weighted by Crippen LogP contribution is -2.42. The largest absolute Gasteiger partial charge is 0.324 e. The van der Waals surface area contributed by atoms with Crippen molar-refractivity contribution in [2.75, 3.05) is 10.2 Å². The molecule has 1 atom stereocenters. The molecule has 1 heterocycles. The normalized spacial score (nSPS) is 16.3. The van der Waals surface area contributed by atoms with Crippen LogP contribution in [0.2, 0.25) is 0 Å². The Kier molecular flexibility index (Phi) is 4.94. The third-order valence-electron chi connectivity index (χ3n) is 5.11. The summed E-state index contributed by atoms with van der Waals surface area (Å²) >= 11 is 0. The molecule has 0 spiro atoms. The summed E-state index contributed by atoms with van der Waals surface area (Å²) in [6, 6.07) is 26.8. The van der Waals surface area contributed by atoms with Crippen LogP contribution in [-0.4, -0.2) is 17.9 Å². The van der Waals surface area contributed by atoms with E-state index in [9.17, 15) is 9.59 Å². The molecule has 4 nitrogen and oxygen atoms in total. The van der Waals surface area contributed by atoms with Crippen LogP contribution in [0.15, 0.2) is 84.9 Å². The quantitative estimate of drug-likeness (QED) is 0.733. The summed E-state index contributed by atoms with van der Waals surface area (Å²) in [6.07, 6.45) is 0.261. The molecule has 3 aromatic carbocycles. The van der Waals surface area contributed by atoms with Crippen molar-refractivity contribution in [2.45, 2.75) is 25.3 Å². The van der Waals surface area contributed by atoms with Gasteiger partial charge in [0.15, 0.2) is 0 Å². The predicted molar refractivity (Wildman–Crippen MR) is 111 cm³/mol. The van der Waals surface area contributed by atoms with E-state index in [1.165, 1.54) is 0 Å². The van der Waals surface area contributed by atoms with Gasteiger partial charge in [0.2, 0.25) is 11.8 Å². The summed E-state index contributed by atoms with van der Waals surface area (Å²) < 4.78 is 0. The molecule has 0 saturated heterocycles. The first kappa shape index (κ1) is 18.0. The molecule has 4 rings (SSSR count). The highest BCUT2D eigenvalue weighted by molar-refractivity contribution is 6.07. The number of amides is 2. The highest BCUT2D eigenvalue weighted by atomic mass is 16.2. The second-order valence-electron chi connectivity index (χ2n) is 7.08. The highest BCUT2D eigenvalue weighted by Gasteiger charge is 2.35. The Morgan fingerprint density at radius 1 is 0.893 bits per heavy atom. The first-order valence-electron chi connectivity index (χ1n) is 9.47. The van der Waals surface area contributed by atoms with E-state index >= 15 is 0 Å². The van der Waals surface area contributed by atoms with Crippen molar-refractivity contribution in [1.29, 1.82) is 0 Å². The predicted octanol–water partition coefficient (Wildman–Crippen LogP) is 4.58. The zero-order chi connectivity index (χ0) is 19.5. The van der Waals surface area contributed by atoms with Gasteiger partial charge >= 0.3 is 0 Å². The molecule has 2 amide bonds. The number of hydrogen-bond acceptors (Lipinski definition) is 2. The van der Waals surface area contributed by atoms with Crippen molar-refractivity contribution < 1.29 is 9.59 Å². The SMILES string of the molecule is C[C@@H]1CC(=O)Nc2ccccc2N1C(=O)C(c1ccccc1)c1ccccc1. The summed E-state index contributed by atoms with van der Waals surface area (Å²) in [4.78, 5) is 28.0. The third-order valence-corrected chi connectivity index (χ3v) is 5.11. The van der Waals surface area contributed by atoms with E-state index < -0.39 is 5.92 Å². The molecule has 28 heavy (non-hydrogen) atoms. The number of nitrogens with one attached hydrogen (secondary N) is 1. The van der Waals surface area contributed by atoms with Crippen LogP contribution in [0.3, 0.4) is 0 Å². The maximum atomic E-state index is 13.9. The van der Waals surface area contributed by atoms with Crippen molar-refractivity contribution >= 4 is 23.2 Å². The molecule has 3 aromatic rings. The smallest absolute Gasteiger partial charge is 0.239 e. The Bertz CT molecular complexity index is 946. The number of fused-ring (bicyclic) bond motifs is 1. The van der Waals surface area contributed by atoms with Gasteiger partial charge in [-0.05, 0) is 30.2 Å². The molecule has 0 bridgehead atoms. The van der Waals surface area contributed by atoms with Crippen LogP contribution >= 0.6 is 0 Å². The van der Waals surface area contributed by atoms with Crippen LogP contribution in [0.4, 0.5) is 11.4 Å². The number of para-hydroxylation sites is 2. The Morgan fingerprint density at radius 3 is 2.04 bits per heavy atom. The van der Waals surface area contributed by atoms with Gasteiger partial charge in [0.1, 0.15) is 0 Å². The van der Waals surface area contributed by atoms with Gasteiger partial charge in [-0.25, -0.2) is 0 Å². The first-order chi connectivity index (χ1) is 13.6. The standard InChI is InChI=1S/C24H22N2O2/c1-17-16-22(27)25-20-14-8-9-15-21(20)26(17)24(28)23(18-10-4-2-5-11-18)19-12-6-3-7-13-19/h2-15,17,23H,16H2,1H3,(H,25,27)/t17-/m1/s1. The minimum absolute atomic E-state index is 0.0335. The lowest BCUT2D eigenvalue weighted by Gasteiger charge is -2.32. The molecule has 0 fully saturated rings. The van der Waals surface area contributed by atoms with E-state index in [2.05, 4.69) is 5.32 Å². The van der Waals surface area contributed by atoms with Crippen LogP contribution in [-0.2, 0) is 9.59 Å². The summed E-state index contributed by atoms with van der Waals surface area (Å²) in [7, 11) is 0. The molecular formula is C24H22N2O2. The Morgan fingerprint density at radius 2 is 1.43 bits per heavy atom. The maximum absolute atomic E-state index is 13.9. The summed E-state index contributed by atoms with van der Waals surface area (Å²) in [5.74, 6) is -0.550. The molecule has 1 aliphatic rings. The summed E-state index contributed by atoms with van der Waals surface area (Å²) in [5.41, 5.74) is 3.28. The fourth-order valence-electron chi connectivity index (χ4n) is 3.83. The molecule has 1 aliphatic heterocycles. The zero-order valence-corrected chi connectivity index (χ0v) is 15.7. The third kappa shape index (κ3) is 3.41. The van der Waals surface area contributed by atoms with Gasteiger partial charge < -0.3 is 10.2 Å². The van der Waals surface area contributed by atoms with Gasteiger partial charge in [0, 0.05) is 12.5 Å². The van der Waals surface area contributed by atoms with E-state index in [0.717, 1.165) is 16.8 Å². The fourth-order valence-corrected chi connectivity index (χ4v) is 3.83. The second kappa shape index (κ2) is 7.69. The van der Waals surface area contributed by atoms with Crippen molar-refractivity contribution in [2.24, 2.45) is 0 Å². The number of hydrogen-bond donors (Lipinski definition) is 1. The van der Waals surface area contributed by atoms with E-state index in [-0.39, 0.29) is 24.3 Å². The average Bonchev–Trinajstić information content (AvgIpc) is 2.84. The van der Waals surface area contributed by atoms with Crippen LogP contribution in [0.5, 0.6) is 0 Å².